The largest absolute Gasteiger partial charge is 0.344 e. The predicted molar refractivity (Wildman–Crippen MR) is 113 cm³/mol. The second-order valence-corrected chi connectivity index (χ2v) is 6.76. The summed E-state index contributed by atoms with van der Waals surface area (Å²) in [7, 11) is 0. The lowest BCUT2D eigenvalue weighted by Crippen LogP contribution is -2.39. The van der Waals surface area contributed by atoms with Crippen LogP contribution in [-0.2, 0) is 4.79 Å². The van der Waals surface area contributed by atoms with Crippen LogP contribution in [0, 0.1) is 17.0 Å². The molecule has 0 saturated carbocycles. The van der Waals surface area contributed by atoms with Gasteiger partial charge in [-0.3, -0.25) is 19.7 Å². The van der Waals surface area contributed by atoms with Gasteiger partial charge < -0.3 is 10.6 Å². The van der Waals surface area contributed by atoms with Gasteiger partial charge in [0, 0.05) is 17.2 Å². The van der Waals surface area contributed by atoms with Gasteiger partial charge >= 0.3 is 0 Å². The summed E-state index contributed by atoms with van der Waals surface area (Å²) in [5, 5.41) is 16.4. The van der Waals surface area contributed by atoms with Crippen LogP contribution in [0.15, 0.2) is 78.9 Å². The van der Waals surface area contributed by atoms with Gasteiger partial charge in [0.15, 0.2) is 0 Å². The average Bonchev–Trinajstić information content (AvgIpc) is 2.76. The molecule has 152 valence electrons. The molecule has 3 rings (SSSR count). The van der Waals surface area contributed by atoms with Gasteiger partial charge in [-0.1, -0.05) is 60.7 Å². The minimum Gasteiger partial charge on any atom is -0.344 e. The number of amides is 2. The van der Waals surface area contributed by atoms with Crippen molar-refractivity contribution in [1.29, 1.82) is 0 Å². The minimum atomic E-state index is -0.502. The lowest BCUT2D eigenvalue weighted by molar-refractivity contribution is -0.385. The highest BCUT2D eigenvalue weighted by atomic mass is 16.6. The summed E-state index contributed by atoms with van der Waals surface area (Å²) < 4.78 is 0. The fraction of sp³-hybridized carbons (Fsp3) is 0.130. The van der Waals surface area contributed by atoms with Gasteiger partial charge in [0.25, 0.3) is 11.6 Å². The van der Waals surface area contributed by atoms with Crippen LogP contribution in [0.4, 0.5) is 5.69 Å². The van der Waals surface area contributed by atoms with Gasteiger partial charge in [0.2, 0.25) is 5.91 Å². The molecule has 0 unspecified atom stereocenters. The molecule has 0 saturated heterocycles. The standard InChI is InChI=1S/C23H21N3O4/c1-16-14-19(12-13-20(16)26(29)30)23(28)24-15-21(27)25-22(17-8-4-2-5-9-17)18-10-6-3-7-11-18/h2-14,22H,15H2,1H3,(H,24,28)(H,25,27). The number of hydrogen-bond acceptors (Lipinski definition) is 4. The topological polar surface area (TPSA) is 101 Å². The highest BCUT2D eigenvalue weighted by Crippen LogP contribution is 2.21. The van der Waals surface area contributed by atoms with Crippen LogP contribution >= 0.6 is 0 Å². The van der Waals surface area contributed by atoms with E-state index in [1.54, 1.807) is 6.92 Å². The maximum Gasteiger partial charge on any atom is 0.272 e. The van der Waals surface area contributed by atoms with Crippen LogP contribution in [0.3, 0.4) is 0 Å². The van der Waals surface area contributed by atoms with Crippen LogP contribution in [0.25, 0.3) is 0 Å². The first-order chi connectivity index (χ1) is 14.5. The highest BCUT2D eigenvalue weighted by molar-refractivity contribution is 5.97. The molecule has 0 bridgehead atoms. The number of hydrogen-bond donors (Lipinski definition) is 2. The monoisotopic (exact) mass is 403 g/mol. The van der Waals surface area contributed by atoms with Crippen LogP contribution in [-0.4, -0.2) is 23.3 Å². The van der Waals surface area contributed by atoms with Crippen LogP contribution in [0.1, 0.15) is 33.1 Å². The van der Waals surface area contributed by atoms with Crippen molar-refractivity contribution in [3.63, 3.8) is 0 Å². The smallest absolute Gasteiger partial charge is 0.272 e. The van der Waals surface area contributed by atoms with E-state index in [-0.39, 0.29) is 29.7 Å². The van der Waals surface area contributed by atoms with Crippen molar-refractivity contribution >= 4 is 17.5 Å². The lowest BCUT2D eigenvalue weighted by atomic mass is 9.99. The van der Waals surface area contributed by atoms with Gasteiger partial charge in [0.1, 0.15) is 0 Å². The number of nitrogens with zero attached hydrogens (tertiary/aromatic N) is 1. The second kappa shape index (κ2) is 9.47. The number of carbonyl (C=O) groups is 2. The summed E-state index contributed by atoms with van der Waals surface area (Å²) in [5.74, 6) is -0.821. The molecule has 0 radical (unpaired) electrons. The molecule has 30 heavy (non-hydrogen) atoms. The zero-order valence-electron chi connectivity index (χ0n) is 16.4. The first kappa shape index (κ1) is 20.7. The number of nitro groups is 1. The van der Waals surface area contributed by atoms with E-state index in [0.717, 1.165) is 11.1 Å². The number of aryl methyl sites for hydroxylation is 1. The maximum absolute atomic E-state index is 12.5. The molecule has 7 heteroatoms. The molecular weight excluding hydrogens is 382 g/mol. The van der Waals surface area contributed by atoms with Crippen LogP contribution in [0.5, 0.6) is 0 Å². The average molecular weight is 403 g/mol. The van der Waals surface area contributed by atoms with Gasteiger partial charge in [-0.2, -0.15) is 0 Å². The number of benzene rings is 3. The number of carbonyl (C=O) groups excluding carboxylic acids is 2. The third-order valence-electron chi connectivity index (χ3n) is 4.64. The molecular formula is C23H21N3O4. The van der Waals surface area contributed by atoms with E-state index in [1.165, 1.54) is 18.2 Å². The first-order valence-corrected chi connectivity index (χ1v) is 9.38. The summed E-state index contributed by atoms with van der Waals surface area (Å²) >= 11 is 0. The molecule has 0 aromatic heterocycles. The van der Waals surface area contributed by atoms with Gasteiger partial charge in [-0.05, 0) is 30.2 Å². The van der Waals surface area contributed by atoms with E-state index >= 15 is 0 Å². The zero-order chi connectivity index (χ0) is 21.5. The van der Waals surface area contributed by atoms with Gasteiger partial charge in [-0.15, -0.1) is 0 Å². The Kier molecular flexibility index (Phi) is 6.54. The Balaban J connectivity index is 1.67. The fourth-order valence-electron chi connectivity index (χ4n) is 3.13. The molecule has 0 fully saturated rings. The molecule has 7 nitrogen and oxygen atoms in total. The SMILES string of the molecule is Cc1cc(C(=O)NCC(=O)NC(c2ccccc2)c2ccccc2)ccc1[N+](=O)[O-]. The Labute approximate surface area is 173 Å². The third-order valence-corrected chi connectivity index (χ3v) is 4.64. The maximum atomic E-state index is 12.5. The Morgan fingerprint density at radius 3 is 2.00 bits per heavy atom. The van der Waals surface area contributed by atoms with E-state index in [2.05, 4.69) is 10.6 Å². The Bertz CT molecular complexity index is 1010. The zero-order valence-corrected chi connectivity index (χ0v) is 16.4. The summed E-state index contributed by atoms with van der Waals surface area (Å²) in [6.45, 7) is 1.34. The molecule has 0 aliphatic carbocycles. The molecule has 0 heterocycles. The molecule has 2 amide bonds. The molecule has 0 atom stereocenters. The van der Waals surface area contributed by atoms with E-state index in [0.29, 0.717) is 5.56 Å². The van der Waals surface area contributed by atoms with Crippen LogP contribution in [0.2, 0.25) is 0 Å². The normalized spacial score (nSPS) is 10.5. The van der Waals surface area contributed by atoms with Crippen molar-refractivity contribution in [2.45, 2.75) is 13.0 Å². The minimum absolute atomic E-state index is 0.0575. The predicted octanol–water partition coefficient (Wildman–Crippen LogP) is 3.54. The van der Waals surface area contributed by atoms with Crippen molar-refractivity contribution in [1.82, 2.24) is 10.6 Å². The lowest BCUT2D eigenvalue weighted by Gasteiger charge is -2.20. The van der Waals surface area contributed by atoms with Crippen molar-refractivity contribution in [3.8, 4) is 0 Å². The molecule has 3 aromatic rings. The molecule has 2 N–H and O–H groups in total. The molecule has 0 aliphatic heterocycles. The Morgan fingerprint density at radius 2 is 1.50 bits per heavy atom. The number of nitro benzene ring substituents is 1. The summed E-state index contributed by atoms with van der Waals surface area (Å²) in [6, 6.07) is 22.8. The summed E-state index contributed by atoms with van der Waals surface area (Å²) in [6.07, 6.45) is 0. The van der Waals surface area contributed by atoms with E-state index in [1.807, 2.05) is 60.7 Å². The Morgan fingerprint density at radius 1 is 0.933 bits per heavy atom. The number of nitrogens with one attached hydrogen (secondary N) is 2. The van der Waals surface area contributed by atoms with Crippen molar-refractivity contribution < 1.29 is 14.5 Å². The van der Waals surface area contributed by atoms with E-state index < -0.39 is 10.8 Å². The third kappa shape index (κ3) is 5.08. The summed E-state index contributed by atoms with van der Waals surface area (Å²) in [4.78, 5) is 35.3. The van der Waals surface area contributed by atoms with Gasteiger partial charge in [0.05, 0.1) is 17.5 Å². The van der Waals surface area contributed by atoms with Crippen LogP contribution < -0.4 is 10.6 Å². The Hall–Kier alpha value is -4.00. The van der Waals surface area contributed by atoms with E-state index in [9.17, 15) is 19.7 Å². The van der Waals surface area contributed by atoms with Gasteiger partial charge in [-0.25, -0.2) is 0 Å². The molecule has 0 spiro atoms. The first-order valence-electron chi connectivity index (χ1n) is 9.38. The second-order valence-electron chi connectivity index (χ2n) is 6.76. The highest BCUT2D eigenvalue weighted by Gasteiger charge is 2.18. The van der Waals surface area contributed by atoms with Crippen molar-refractivity contribution in [2.75, 3.05) is 6.54 Å². The van der Waals surface area contributed by atoms with Crippen molar-refractivity contribution in [2.24, 2.45) is 0 Å². The fourth-order valence-corrected chi connectivity index (χ4v) is 3.13. The quantitative estimate of drug-likeness (QED) is 0.465. The van der Waals surface area contributed by atoms with Crippen molar-refractivity contribution in [3.05, 3.63) is 111 Å². The number of rotatable bonds is 7. The van der Waals surface area contributed by atoms with E-state index in [4.69, 9.17) is 0 Å². The molecule has 3 aromatic carbocycles. The summed E-state index contributed by atoms with van der Waals surface area (Å²) in [5.41, 5.74) is 2.43. The molecule has 0 aliphatic rings.